The highest BCUT2D eigenvalue weighted by Gasteiger charge is 2.28. The van der Waals surface area contributed by atoms with Gasteiger partial charge in [-0.2, -0.15) is 5.26 Å². The molecule has 92 valence electrons. The number of thiazole rings is 1. The van der Waals surface area contributed by atoms with Crippen molar-refractivity contribution in [2.45, 2.75) is 27.0 Å². The Morgan fingerprint density at radius 1 is 1.71 bits per heavy atom. The minimum atomic E-state index is -1.23. The number of ether oxygens (including phenoxy) is 1. The summed E-state index contributed by atoms with van der Waals surface area (Å²) in [5.41, 5.74) is 0.579. The van der Waals surface area contributed by atoms with E-state index in [1.807, 2.05) is 6.07 Å². The Kier molecular flexibility index (Phi) is 4.43. The number of hydrogen-bond donors (Lipinski definition) is 1. The van der Waals surface area contributed by atoms with Gasteiger partial charge in [0.25, 0.3) is 0 Å². The standard InChI is InChI=1S/C10H13N3O3S/c1-4-16-8(5-11)13(10(14)15)9-6(2)12-7(3)17-9/h8H,4H2,1-3H3,(H,14,15). The molecular weight excluding hydrogens is 242 g/mol. The topological polar surface area (TPSA) is 86.5 Å². The Morgan fingerprint density at radius 3 is 2.71 bits per heavy atom. The number of carbonyl (C=O) groups is 1. The molecule has 7 heteroatoms. The highest BCUT2D eigenvalue weighted by atomic mass is 32.1. The molecule has 0 fully saturated rings. The number of aryl methyl sites for hydroxylation is 2. The fourth-order valence-electron chi connectivity index (χ4n) is 1.37. The smallest absolute Gasteiger partial charge is 0.415 e. The fraction of sp³-hybridized carbons (Fsp3) is 0.500. The summed E-state index contributed by atoms with van der Waals surface area (Å²) < 4.78 is 5.10. The largest absolute Gasteiger partial charge is 0.465 e. The van der Waals surface area contributed by atoms with E-state index in [9.17, 15) is 4.79 Å². The van der Waals surface area contributed by atoms with Crippen LogP contribution in [0.1, 0.15) is 17.6 Å². The second-order valence-corrected chi connectivity index (χ2v) is 4.39. The summed E-state index contributed by atoms with van der Waals surface area (Å²) in [6.07, 6.45) is -2.37. The second kappa shape index (κ2) is 5.61. The van der Waals surface area contributed by atoms with Crippen molar-refractivity contribution in [1.29, 1.82) is 5.26 Å². The molecule has 0 aliphatic rings. The van der Waals surface area contributed by atoms with Gasteiger partial charge in [0.05, 0.1) is 10.7 Å². The number of hydrogen-bond acceptors (Lipinski definition) is 5. The Bertz CT molecular complexity index is 452. The lowest BCUT2D eigenvalue weighted by molar-refractivity contribution is 0.0952. The minimum absolute atomic E-state index is 0.263. The molecule has 0 saturated carbocycles. The van der Waals surface area contributed by atoms with E-state index < -0.39 is 12.3 Å². The van der Waals surface area contributed by atoms with Crippen LogP contribution in [0.25, 0.3) is 0 Å². The van der Waals surface area contributed by atoms with E-state index >= 15 is 0 Å². The van der Waals surface area contributed by atoms with Crippen LogP contribution in [0.3, 0.4) is 0 Å². The maximum absolute atomic E-state index is 11.2. The molecule has 1 N–H and O–H groups in total. The molecule has 1 heterocycles. The molecule has 0 bridgehead atoms. The maximum atomic E-state index is 11.2. The maximum Gasteiger partial charge on any atom is 0.415 e. The van der Waals surface area contributed by atoms with Crippen molar-refractivity contribution in [1.82, 2.24) is 4.98 Å². The molecule has 0 spiro atoms. The van der Waals surface area contributed by atoms with Crippen molar-refractivity contribution < 1.29 is 14.6 Å². The first kappa shape index (κ1) is 13.4. The molecule has 0 saturated heterocycles. The summed E-state index contributed by atoms with van der Waals surface area (Å²) in [6.45, 7) is 5.45. The molecule has 1 amide bonds. The van der Waals surface area contributed by atoms with Gasteiger partial charge in [0.15, 0.2) is 0 Å². The summed E-state index contributed by atoms with van der Waals surface area (Å²) in [5.74, 6) is 0. The third-order valence-corrected chi connectivity index (χ3v) is 3.05. The van der Waals surface area contributed by atoms with Gasteiger partial charge in [-0.15, -0.1) is 11.3 Å². The van der Waals surface area contributed by atoms with Crippen LogP contribution in [0.15, 0.2) is 0 Å². The molecule has 0 aromatic carbocycles. The van der Waals surface area contributed by atoms with Crippen molar-refractivity contribution in [3.8, 4) is 6.07 Å². The SMILES string of the molecule is CCOC(C#N)N(C(=O)O)c1sc(C)nc1C. The molecule has 1 aromatic heterocycles. The van der Waals surface area contributed by atoms with Crippen LogP contribution in [-0.4, -0.2) is 29.0 Å². The zero-order valence-electron chi connectivity index (χ0n) is 9.80. The first-order valence-electron chi connectivity index (χ1n) is 4.98. The van der Waals surface area contributed by atoms with Gasteiger partial charge in [0, 0.05) is 6.61 Å². The highest BCUT2D eigenvalue weighted by Crippen LogP contribution is 2.29. The quantitative estimate of drug-likeness (QED) is 0.833. The summed E-state index contributed by atoms with van der Waals surface area (Å²) >= 11 is 1.22. The Labute approximate surface area is 103 Å². The van der Waals surface area contributed by atoms with Gasteiger partial charge in [-0.05, 0) is 20.8 Å². The molecule has 0 radical (unpaired) electrons. The average Bonchev–Trinajstić information content (AvgIpc) is 2.56. The Hall–Kier alpha value is -1.65. The van der Waals surface area contributed by atoms with E-state index in [0.717, 1.165) is 9.91 Å². The third kappa shape index (κ3) is 2.93. The van der Waals surface area contributed by atoms with Crippen molar-refractivity contribution in [3.05, 3.63) is 10.7 Å². The highest BCUT2D eigenvalue weighted by molar-refractivity contribution is 7.16. The average molecular weight is 255 g/mol. The van der Waals surface area contributed by atoms with E-state index in [0.29, 0.717) is 10.7 Å². The van der Waals surface area contributed by atoms with Crippen molar-refractivity contribution in [2.24, 2.45) is 0 Å². The number of rotatable bonds is 4. The van der Waals surface area contributed by atoms with Crippen molar-refractivity contribution in [3.63, 3.8) is 0 Å². The van der Waals surface area contributed by atoms with Gasteiger partial charge >= 0.3 is 6.09 Å². The minimum Gasteiger partial charge on any atom is -0.465 e. The fourth-order valence-corrected chi connectivity index (χ4v) is 2.29. The first-order chi connectivity index (χ1) is 8.01. The van der Waals surface area contributed by atoms with Gasteiger partial charge in [0.1, 0.15) is 11.1 Å². The molecule has 1 rings (SSSR count). The van der Waals surface area contributed by atoms with Crippen LogP contribution in [0.5, 0.6) is 0 Å². The molecule has 6 nitrogen and oxygen atoms in total. The molecule has 0 aliphatic carbocycles. The van der Waals surface area contributed by atoms with Gasteiger partial charge in [-0.3, -0.25) is 0 Å². The Balaban J connectivity index is 3.13. The van der Waals surface area contributed by atoms with Crippen LogP contribution in [0, 0.1) is 25.2 Å². The second-order valence-electron chi connectivity index (χ2n) is 3.21. The lowest BCUT2D eigenvalue weighted by Crippen LogP contribution is -2.40. The van der Waals surface area contributed by atoms with E-state index in [-0.39, 0.29) is 6.61 Å². The zero-order valence-corrected chi connectivity index (χ0v) is 10.6. The van der Waals surface area contributed by atoms with Crippen LogP contribution in [-0.2, 0) is 4.74 Å². The summed E-state index contributed by atoms with van der Waals surface area (Å²) in [4.78, 5) is 16.3. The zero-order chi connectivity index (χ0) is 13.0. The van der Waals surface area contributed by atoms with Gasteiger partial charge in [-0.25, -0.2) is 14.7 Å². The predicted octanol–water partition coefficient (Wildman–Crippen LogP) is 2.13. The first-order valence-corrected chi connectivity index (χ1v) is 5.80. The summed E-state index contributed by atoms with van der Waals surface area (Å²) in [5, 5.41) is 19.3. The number of anilines is 1. The van der Waals surface area contributed by atoms with Crippen molar-refractivity contribution >= 4 is 22.4 Å². The molecule has 1 aromatic rings. The van der Waals surface area contributed by atoms with Crippen LogP contribution < -0.4 is 4.90 Å². The number of carboxylic acid groups (broad SMARTS) is 1. The van der Waals surface area contributed by atoms with E-state index in [1.54, 1.807) is 20.8 Å². The molecule has 1 atom stereocenters. The lowest BCUT2D eigenvalue weighted by Gasteiger charge is -2.22. The van der Waals surface area contributed by atoms with Gasteiger partial charge in [0.2, 0.25) is 6.23 Å². The number of nitriles is 1. The van der Waals surface area contributed by atoms with Crippen LogP contribution in [0.4, 0.5) is 9.80 Å². The normalized spacial score (nSPS) is 11.9. The lowest BCUT2D eigenvalue weighted by atomic mass is 10.4. The third-order valence-electron chi connectivity index (χ3n) is 1.97. The van der Waals surface area contributed by atoms with Crippen LogP contribution in [0.2, 0.25) is 0 Å². The monoisotopic (exact) mass is 255 g/mol. The molecular formula is C10H13N3O3S. The predicted molar refractivity (Wildman–Crippen MR) is 63.1 cm³/mol. The Morgan fingerprint density at radius 2 is 2.35 bits per heavy atom. The molecule has 0 aliphatic heterocycles. The van der Waals surface area contributed by atoms with Crippen molar-refractivity contribution in [2.75, 3.05) is 11.5 Å². The molecule has 17 heavy (non-hydrogen) atoms. The van der Waals surface area contributed by atoms with E-state index in [4.69, 9.17) is 15.1 Å². The number of amides is 1. The molecule has 1 unspecified atom stereocenters. The van der Waals surface area contributed by atoms with Gasteiger partial charge < -0.3 is 9.84 Å². The summed E-state index contributed by atoms with van der Waals surface area (Å²) in [6, 6.07) is 1.82. The van der Waals surface area contributed by atoms with Gasteiger partial charge in [-0.1, -0.05) is 0 Å². The number of nitrogens with zero attached hydrogens (tertiary/aromatic N) is 3. The summed E-state index contributed by atoms with van der Waals surface area (Å²) in [7, 11) is 0. The van der Waals surface area contributed by atoms with Crippen LogP contribution >= 0.6 is 11.3 Å². The van der Waals surface area contributed by atoms with E-state index in [2.05, 4.69) is 4.98 Å². The van der Waals surface area contributed by atoms with E-state index in [1.165, 1.54) is 11.3 Å². The number of aromatic nitrogens is 1.